The first-order valence-corrected chi connectivity index (χ1v) is 16.7. The van der Waals surface area contributed by atoms with Crippen molar-refractivity contribution in [2.75, 3.05) is 26.2 Å². The first kappa shape index (κ1) is 35.4. The SMILES string of the molecule is CCCCCCCOc1ccc(C(=O)Oc2ccc(CN(CC(=O)O)C(=O)C3C=CC(NC(=O)CC4CCNCC4)=CC3)cc2)cc1. The van der Waals surface area contributed by atoms with E-state index in [1.54, 1.807) is 66.8 Å². The minimum Gasteiger partial charge on any atom is -0.494 e. The van der Waals surface area contributed by atoms with Gasteiger partial charge in [-0.05, 0) is 92.7 Å². The molecule has 10 heteroatoms. The molecule has 4 rings (SSSR count). The number of hydrogen-bond acceptors (Lipinski definition) is 7. The molecule has 3 N–H and O–H groups in total. The van der Waals surface area contributed by atoms with Crippen molar-refractivity contribution < 1.29 is 33.8 Å². The van der Waals surface area contributed by atoms with Gasteiger partial charge in [0.2, 0.25) is 11.8 Å². The van der Waals surface area contributed by atoms with E-state index in [2.05, 4.69) is 17.6 Å². The summed E-state index contributed by atoms with van der Waals surface area (Å²) < 4.78 is 11.3. The molecule has 0 saturated carbocycles. The summed E-state index contributed by atoms with van der Waals surface area (Å²) in [6.45, 7) is 4.31. The Balaban J connectivity index is 1.25. The number of esters is 1. The minimum atomic E-state index is -1.12. The molecular formula is C37H47N3O7. The Labute approximate surface area is 277 Å². The van der Waals surface area contributed by atoms with Crippen LogP contribution in [0.5, 0.6) is 11.5 Å². The van der Waals surface area contributed by atoms with Crippen LogP contribution in [0.25, 0.3) is 0 Å². The number of ether oxygens (including phenoxy) is 2. The zero-order chi connectivity index (χ0) is 33.4. The van der Waals surface area contributed by atoms with Gasteiger partial charge >= 0.3 is 11.9 Å². The molecule has 1 aliphatic carbocycles. The van der Waals surface area contributed by atoms with Crippen LogP contribution in [-0.4, -0.2) is 60.0 Å². The minimum absolute atomic E-state index is 0.0366. The molecule has 252 valence electrons. The molecule has 1 saturated heterocycles. The smallest absolute Gasteiger partial charge is 0.343 e. The predicted molar refractivity (Wildman–Crippen MR) is 179 cm³/mol. The number of carbonyl (C=O) groups is 4. The highest BCUT2D eigenvalue weighted by molar-refractivity contribution is 5.91. The molecule has 1 atom stereocenters. The van der Waals surface area contributed by atoms with E-state index >= 15 is 0 Å². The molecule has 0 bridgehead atoms. The Morgan fingerprint density at radius 3 is 2.30 bits per heavy atom. The number of rotatable bonds is 17. The van der Waals surface area contributed by atoms with Gasteiger partial charge in [0.15, 0.2) is 0 Å². The summed E-state index contributed by atoms with van der Waals surface area (Å²) in [4.78, 5) is 51.4. The predicted octanol–water partition coefficient (Wildman–Crippen LogP) is 5.63. The normalized spacial score (nSPS) is 16.2. The summed E-state index contributed by atoms with van der Waals surface area (Å²) in [6.07, 6.45) is 13.8. The first-order chi connectivity index (χ1) is 22.8. The van der Waals surface area contributed by atoms with E-state index in [4.69, 9.17) is 9.47 Å². The average molecular weight is 646 g/mol. The molecule has 0 radical (unpaired) electrons. The van der Waals surface area contributed by atoms with Crippen molar-refractivity contribution in [2.24, 2.45) is 11.8 Å². The number of carboxylic acid groups (broad SMARTS) is 1. The lowest BCUT2D eigenvalue weighted by atomic mass is 9.94. The molecular weight excluding hydrogens is 598 g/mol. The number of amides is 2. The lowest BCUT2D eigenvalue weighted by molar-refractivity contribution is -0.146. The van der Waals surface area contributed by atoms with Crippen molar-refractivity contribution in [3.63, 3.8) is 0 Å². The summed E-state index contributed by atoms with van der Waals surface area (Å²) in [5, 5.41) is 15.7. The number of nitrogens with zero attached hydrogens (tertiary/aromatic N) is 1. The van der Waals surface area contributed by atoms with Gasteiger partial charge in [-0.25, -0.2) is 4.79 Å². The summed E-state index contributed by atoms with van der Waals surface area (Å²) in [5.41, 5.74) is 1.74. The third-order valence-corrected chi connectivity index (χ3v) is 8.39. The molecule has 2 aromatic rings. The van der Waals surface area contributed by atoms with Gasteiger partial charge in [0.1, 0.15) is 18.0 Å². The Morgan fingerprint density at radius 2 is 1.64 bits per heavy atom. The van der Waals surface area contributed by atoms with Crippen LogP contribution < -0.4 is 20.1 Å². The van der Waals surface area contributed by atoms with E-state index in [0.717, 1.165) is 38.8 Å². The van der Waals surface area contributed by atoms with Crippen LogP contribution in [0.15, 0.2) is 72.5 Å². The maximum absolute atomic E-state index is 13.3. The number of carbonyl (C=O) groups excluding carboxylic acids is 3. The number of piperidine rings is 1. The van der Waals surface area contributed by atoms with Crippen LogP contribution in [0, 0.1) is 11.8 Å². The molecule has 1 fully saturated rings. The summed E-state index contributed by atoms with van der Waals surface area (Å²) in [6, 6.07) is 13.5. The third-order valence-electron chi connectivity index (χ3n) is 8.39. The summed E-state index contributed by atoms with van der Waals surface area (Å²) in [5.74, 6) is -1.11. The highest BCUT2D eigenvalue weighted by atomic mass is 16.5. The van der Waals surface area contributed by atoms with E-state index in [1.807, 2.05) is 0 Å². The van der Waals surface area contributed by atoms with Crippen molar-refractivity contribution >= 4 is 23.8 Å². The van der Waals surface area contributed by atoms with Gasteiger partial charge < -0.3 is 30.1 Å². The standard InChI is InChI=1S/C37H47N3O7/c1-2-3-4-5-6-23-46-32-17-11-30(12-18-32)37(45)47-33-15-7-28(8-16-33)25-40(26-35(42)43)36(44)29-9-13-31(14-10-29)39-34(41)24-27-19-21-38-22-20-27/h7-9,11-18,27,29,38H,2-6,10,19-26H2,1H3,(H,39,41)(H,42,43). The second kappa shape index (κ2) is 18.6. The van der Waals surface area contributed by atoms with E-state index < -0.39 is 24.4 Å². The number of hydrogen-bond donors (Lipinski definition) is 3. The van der Waals surface area contributed by atoms with E-state index in [-0.39, 0.29) is 18.4 Å². The fourth-order valence-electron chi connectivity index (χ4n) is 5.70. The quantitative estimate of drug-likeness (QED) is 0.114. The molecule has 10 nitrogen and oxygen atoms in total. The maximum Gasteiger partial charge on any atom is 0.343 e. The second-order valence-electron chi connectivity index (χ2n) is 12.2. The van der Waals surface area contributed by atoms with Crippen LogP contribution in [0.4, 0.5) is 0 Å². The van der Waals surface area contributed by atoms with Crippen LogP contribution >= 0.6 is 0 Å². The molecule has 1 unspecified atom stereocenters. The van der Waals surface area contributed by atoms with Gasteiger partial charge in [-0.15, -0.1) is 0 Å². The van der Waals surface area contributed by atoms with Crippen LogP contribution in [0.1, 0.15) is 80.6 Å². The maximum atomic E-state index is 13.3. The largest absolute Gasteiger partial charge is 0.494 e. The Hall–Kier alpha value is -4.44. The van der Waals surface area contributed by atoms with Gasteiger partial charge in [-0.1, -0.05) is 56.9 Å². The van der Waals surface area contributed by atoms with Gasteiger partial charge in [-0.3, -0.25) is 14.4 Å². The molecule has 2 aliphatic rings. The number of unbranched alkanes of at least 4 members (excludes halogenated alkanes) is 4. The van der Waals surface area contributed by atoms with E-state index in [0.29, 0.717) is 53.7 Å². The zero-order valence-electron chi connectivity index (χ0n) is 27.2. The molecule has 2 amide bonds. The number of benzene rings is 2. The highest BCUT2D eigenvalue weighted by Gasteiger charge is 2.26. The monoisotopic (exact) mass is 645 g/mol. The lowest BCUT2D eigenvalue weighted by Gasteiger charge is -2.26. The summed E-state index contributed by atoms with van der Waals surface area (Å²) in [7, 11) is 0. The number of aliphatic carboxylic acids is 1. The van der Waals surface area contributed by atoms with Crippen molar-refractivity contribution in [3.8, 4) is 11.5 Å². The van der Waals surface area contributed by atoms with Gasteiger partial charge in [0.25, 0.3) is 0 Å². The van der Waals surface area contributed by atoms with Crippen LogP contribution in [-0.2, 0) is 20.9 Å². The lowest BCUT2D eigenvalue weighted by Crippen LogP contribution is -2.39. The number of carboxylic acids is 1. The Kier molecular flexibility index (Phi) is 14.0. The highest BCUT2D eigenvalue weighted by Crippen LogP contribution is 2.22. The van der Waals surface area contributed by atoms with Crippen molar-refractivity contribution in [3.05, 3.63) is 83.6 Å². The third kappa shape index (κ3) is 12.0. The number of allylic oxidation sites excluding steroid dienone is 2. The molecule has 0 spiro atoms. The van der Waals surface area contributed by atoms with Crippen molar-refractivity contribution in [1.82, 2.24) is 15.5 Å². The fraction of sp³-hybridized carbons (Fsp3) is 0.459. The van der Waals surface area contributed by atoms with E-state index in [1.165, 1.54) is 24.2 Å². The molecule has 1 aliphatic heterocycles. The fourth-order valence-corrected chi connectivity index (χ4v) is 5.70. The topological polar surface area (TPSA) is 134 Å². The molecule has 47 heavy (non-hydrogen) atoms. The second-order valence-corrected chi connectivity index (χ2v) is 12.2. The van der Waals surface area contributed by atoms with Gasteiger partial charge in [-0.2, -0.15) is 0 Å². The molecule has 0 aromatic heterocycles. The number of nitrogens with one attached hydrogen (secondary N) is 2. The average Bonchev–Trinajstić information content (AvgIpc) is 3.07. The molecule has 2 aromatic carbocycles. The van der Waals surface area contributed by atoms with Crippen LogP contribution in [0.3, 0.4) is 0 Å². The van der Waals surface area contributed by atoms with Gasteiger partial charge in [0, 0.05) is 18.7 Å². The van der Waals surface area contributed by atoms with Crippen molar-refractivity contribution in [1.29, 1.82) is 0 Å². The zero-order valence-corrected chi connectivity index (χ0v) is 27.2. The Morgan fingerprint density at radius 1 is 0.936 bits per heavy atom. The van der Waals surface area contributed by atoms with Gasteiger partial charge in [0.05, 0.1) is 18.1 Å². The molecule has 1 heterocycles. The first-order valence-electron chi connectivity index (χ1n) is 16.7. The summed E-state index contributed by atoms with van der Waals surface area (Å²) >= 11 is 0. The Bertz CT molecular complexity index is 1400. The van der Waals surface area contributed by atoms with E-state index in [9.17, 15) is 24.3 Å². The van der Waals surface area contributed by atoms with Crippen molar-refractivity contribution in [2.45, 2.75) is 71.3 Å². The van der Waals surface area contributed by atoms with Crippen LogP contribution in [0.2, 0.25) is 0 Å².